The molecular formula is C20H24N4OS2. The number of hydrogen-bond donors (Lipinski definition) is 0. The third-order valence-corrected chi connectivity index (χ3v) is 7.83. The average molecular weight is 401 g/mol. The number of hydrogen-bond acceptors (Lipinski definition) is 7. The molecule has 2 aliphatic rings. The summed E-state index contributed by atoms with van der Waals surface area (Å²) in [5.41, 5.74) is 4.06. The Morgan fingerprint density at radius 2 is 1.96 bits per heavy atom. The minimum Gasteiger partial charge on any atom is -0.378 e. The number of thioether (sulfide) groups is 1. The summed E-state index contributed by atoms with van der Waals surface area (Å²) in [5, 5.41) is 2.41. The van der Waals surface area contributed by atoms with Crippen LogP contribution in [-0.2, 0) is 17.6 Å². The maximum absolute atomic E-state index is 5.57. The molecule has 0 aromatic carbocycles. The van der Waals surface area contributed by atoms with E-state index in [2.05, 4.69) is 16.8 Å². The first-order valence-electron chi connectivity index (χ1n) is 9.91. The lowest BCUT2D eigenvalue weighted by Crippen LogP contribution is -2.37. The fourth-order valence-corrected chi connectivity index (χ4v) is 6.24. The maximum Gasteiger partial charge on any atom is 0.133 e. The number of nitrogens with zero attached hydrogens (tertiary/aromatic N) is 4. The van der Waals surface area contributed by atoms with Crippen molar-refractivity contribution in [2.24, 2.45) is 0 Å². The van der Waals surface area contributed by atoms with Crippen molar-refractivity contribution in [3.8, 4) is 0 Å². The molecule has 27 heavy (non-hydrogen) atoms. The Labute approximate surface area is 167 Å². The first-order valence-corrected chi connectivity index (χ1v) is 11.7. The molecule has 0 atom stereocenters. The van der Waals surface area contributed by atoms with E-state index in [9.17, 15) is 0 Å². The summed E-state index contributed by atoms with van der Waals surface area (Å²) in [6.45, 7) is 5.68. The highest BCUT2D eigenvalue weighted by molar-refractivity contribution is 7.99. The van der Waals surface area contributed by atoms with Crippen LogP contribution in [0.2, 0.25) is 0 Å². The molecule has 1 aliphatic carbocycles. The van der Waals surface area contributed by atoms with Crippen LogP contribution in [0.15, 0.2) is 11.4 Å². The standard InChI is InChI=1S/C20H24N4OS2/c1-2-11-26-20-17-16(21-12-22-20)15-13-5-3-4-6-14(13)18(23-19(15)27-17)24-7-9-25-10-8-24/h12H,2-11H2,1H3. The van der Waals surface area contributed by atoms with E-state index in [4.69, 9.17) is 14.7 Å². The lowest BCUT2D eigenvalue weighted by Gasteiger charge is -2.31. The van der Waals surface area contributed by atoms with E-state index >= 15 is 0 Å². The zero-order valence-corrected chi connectivity index (χ0v) is 17.3. The monoisotopic (exact) mass is 400 g/mol. The number of aryl methyl sites for hydroxylation is 1. The van der Waals surface area contributed by atoms with Gasteiger partial charge in [-0.15, -0.1) is 23.1 Å². The minimum atomic E-state index is 0.796. The van der Waals surface area contributed by atoms with E-state index in [1.165, 1.54) is 39.9 Å². The van der Waals surface area contributed by atoms with E-state index in [1.807, 2.05) is 11.8 Å². The number of thiophene rings is 1. The largest absolute Gasteiger partial charge is 0.378 e. The second kappa shape index (κ2) is 7.53. The van der Waals surface area contributed by atoms with Crippen molar-refractivity contribution in [1.29, 1.82) is 0 Å². The number of anilines is 1. The highest BCUT2D eigenvalue weighted by Crippen LogP contribution is 2.43. The Balaban J connectivity index is 1.73. The van der Waals surface area contributed by atoms with Gasteiger partial charge in [-0.05, 0) is 49.0 Å². The number of fused-ring (bicyclic) bond motifs is 5. The van der Waals surface area contributed by atoms with Crippen LogP contribution in [-0.4, -0.2) is 47.0 Å². The summed E-state index contributed by atoms with van der Waals surface area (Å²) in [4.78, 5) is 18.0. The second-order valence-electron chi connectivity index (χ2n) is 7.19. The Kier molecular flexibility index (Phi) is 4.92. The molecular weight excluding hydrogens is 376 g/mol. The molecule has 0 saturated carbocycles. The molecule has 0 radical (unpaired) electrons. The molecule has 0 amide bonds. The third kappa shape index (κ3) is 3.09. The fourth-order valence-electron chi connectivity index (χ4n) is 4.16. The Hall–Kier alpha value is -1.44. The first kappa shape index (κ1) is 17.6. The van der Waals surface area contributed by atoms with Crippen molar-refractivity contribution in [2.45, 2.75) is 44.1 Å². The van der Waals surface area contributed by atoms with Crippen molar-refractivity contribution in [3.63, 3.8) is 0 Å². The molecule has 3 aromatic rings. The fraction of sp³-hybridized carbons (Fsp3) is 0.550. The second-order valence-corrected chi connectivity index (χ2v) is 9.27. The summed E-state index contributed by atoms with van der Waals surface area (Å²) < 4.78 is 6.78. The van der Waals surface area contributed by atoms with Gasteiger partial charge in [0.1, 0.15) is 22.0 Å². The van der Waals surface area contributed by atoms with Crippen molar-refractivity contribution < 1.29 is 4.74 Å². The topological polar surface area (TPSA) is 51.1 Å². The lowest BCUT2D eigenvalue weighted by atomic mass is 9.90. The van der Waals surface area contributed by atoms with Gasteiger partial charge < -0.3 is 9.64 Å². The molecule has 142 valence electrons. The SMILES string of the molecule is CCCSc1ncnc2c1sc1nc(N3CCOCC3)c3c(c12)CCCC3. The van der Waals surface area contributed by atoms with Crippen LogP contribution in [0, 0.1) is 0 Å². The molecule has 1 saturated heterocycles. The summed E-state index contributed by atoms with van der Waals surface area (Å²) in [6, 6.07) is 0. The van der Waals surface area contributed by atoms with E-state index in [0.29, 0.717) is 0 Å². The number of ether oxygens (including phenoxy) is 1. The molecule has 0 spiro atoms. The van der Waals surface area contributed by atoms with Crippen LogP contribution in [0.4, 0.5) is 5.82 Å². The van der Waals surface area contributed by atoms with Gasteiger partial charge in [-0.1, -0.05) is 6.92 Å². The summed E-state index contributed by atoms with van der Waals surface area (Å²) in [5.74, 6) is 2.29. The smallest absolute Gasteiger partial charge is 0.133 e. The van der Waals surface area contributed by atoms with Gasteiger partial charge in [0.2, 0.25) is 0 Å². The summed E-state index contributed by atoms with van der Waals surface area (Å²) in [6.07, 6.45) is 7.66. The molecule has 3 aromatic heterocycles. The van der Waals surface area contributed by atoms with E-state index in [1.54, 1.807) is 17.7 Å². The van der Waals surface area contributed by atoms with E-state index < -0.39 is 0 Å². The van der Waals surface area contributed by atoms with Gasteiger partial charge >= 0.3 is 0 Å². The molecule has 5 rings (SSSR count). The first-order chi connectivity index (χ1) is 13.4. The molecule has 1 fully saturated rings. The van der Waals surface area contributed by atoms with Crippen LogP contribution in [0.3, 0.4) is 0 Å². The normalized spacial score (nSPS) is 17.6. The van der Waals surface area contributed by atoms with Crippen LogP contribution in [0.5, 0.6) is 0 Å². The molecule has 5 nitrogen and oxygen atoms in total. The van der Waals surface area contributed by atoms with Crippen LogP contribution < -0.4 is 4.90 Å². The molecule has 0 N–H and O–H groups in total. The van der Waals surface area contributed by atoms with Crippen molar-refractivity contribution in [3.05, 3.63) is 17.5 Å². The molecule has 0 bridgehead atoms. The molecule has 1 aliphatic heterocycles. The maximum atomic E-state index is 5.57. The molecule has 0 unspecified atom stereocenters. The number of aromatic nitrogens is 3. The van der Waals surface area contributed by atoms with Gasteiger partial charge in [-0.3, -0.25) is 0 Å². The third-order valence-electron chi connectivity index (χ3n) is 5.42. The van der Waals surface area contributed by atoms with E-state index in [-0.39, 0.29) is 0 Å². The lowest BCUT2D eigenvalue weighted by molar-refractivity contribution is 0.122. The molecule has 7 heteroatoms. The van der Waals surface area contributed by atoms with Gasteiger partial charge in [0.15, 0.2) is 0 Å². The van der Waals surface area contributed by atoms with Crippen LogP contribution in [0.1, 0.15) is 37.3 Å². The Morgan fingerprint density at radius 1 is 1.15 bits per heavy atom. The zero-order valence-electron chi connectivity index (χ0n) is 15.7. The highest BCUT2D eigenvalue weighted by atomic mass is 32.2. The highest BCUT2D eigenvalue weighted by Gasteiger charge is 2.26. The zero-order chi connectivity index (χ0) is 18.2. The van der Waals surface area contributed by atoms with Gasteiger partial charge in [-0.25, -0.2) is 15.0 Å². The van der Waals surface area contributed by atoms with Gasteiger partial charge in [0, 0.05) is 18.5 Å². The Bertz CT molecular complexity index is 981. The van der Waals surface area contributed by atoms with Crippen LogP contribution in [0.25, 0.3) is 20.4 Å². The van der Waals surface area contributed by atoms with Gasteiger partial charge in [0.05, 0.1) is 23.4 Å². The predicted molar refractivity (Wildman–Crippen MR) is 113 cm³/mol. The van der Waals surface area contributed by atoms with Gasteiger partial charge in [0.25, 0.3) is 0 Å². The van der Waals surface area contributed by atoms with Crippen molar-refractivity contribution in [2.75, 3.05) is 37.0 Å². The number of pyridine rings is 1. The van der Waals surface area contributed by atoms with Crippen molar-refractivity contribution in [1.82, 2.24) is 15.0 Å². The average Bonchev–Trinajstić information content (AvgIpc) is 3.11. The Morgan fingerprint density at radius 3 is 2.78 bits per heavy atom. The molecule has 4 heterocycles. The van der Waals surface area contributed by atoms with Crippen LogP contribution >= 0.6 is 23.1 Å². The summed E-state index contributed by atoms with van der Waals surface area (Å²) >= 11 is 3.61. The quantitative estimate of drug-likeness (QED) is 0.476. The van der Waals surface area contributed by atoms with E-state index in [0.717, 1.165) is 66.7 Å². The minimum absolute atomic E-state index is 0.796. The summed E-state index contributed by atoms with van der Waals surface area (Å²) in [7, 11) is 0. The number of morpholine rings is 1. The van der Waals surface area contributed by atoms with Crippen molar-refractivity contribution >= 4 is 49.3 Å². The predicted octanol–water partition coefficient (Wildman–Crippen LogP) is 4.46. The van der Waals surface area contributed by atoms with Gasteiger partial charge in [-0.2, -0.15) is 0 Å². The number of rotatable bonds is 4.